The predicted molar refractivity (Wildman–Crippen MR) is 94.2 cm³/mol. The highest BCUT2D eigenvalue weighted by molar-refractivity contribution is 7.92. The van der Waals surface area contributed by atoms with Gasteiger partial charge in [-0.1, -0.05) is 23.5 Å². The summed E-state index contributed by atoms with van der Waals surface area (Å²) in [6.07, 6.45) is 1.04. The summed E-state index contributed by atoms with van der Waals surface area (Å²) in [6.45, 7) is 3.53. The summed E-state index contributed by atoms with van der Waals surface area (Å²) in [5.74, 6) is 0.446. The Labute approximate surface area is 145 Å². The highest BCUT2D eigenvalue weighted by atomic mass is 32.2. The zero-order chi connectivity index (χ0) is 17.9. The fourth-order valence-electron chi connectivity index (χ4n) is 2.05. The fraction of sp³-hybridized carbons (Fsp3) is 0.333. The van der Waals surface area contributed by atoms with Gasteiger partial charge in [0, 0.05) is 0 Å². The van der Waals surface area contributed by atoms with E-state index in [1.807, 2.05) is 31.2 Å². The number of ether oxygens (including phenoxy) is 1. The quantitative estimate of drug-likeness (QED) is 0.814. The molecule has 2 aromatic rings. The predicted octanol–water partition coefficient (Wildman–Crippen LogP) is 2.32. The van der Waals surface area contributed by atoms with Crippen LogP contribution in [-0.2, 0) is 10.0 Å². The van der Waals surface area contributed by atoms with Gasteiger partial charge in [0.25, 0.3) is 5.91 Å². The molecule has 1 amide bonds. The van der Waals surface area contributed by atoms with Crippen LogP contribution < -0.4 is 14.8 Å². The number of methoxy groups -OCH3 is 1. The van der Waals surface area contributed by atoms with E-state index in [4.69, 9.17) is 4.74 Å². The van der Waals surface area contributed by atoms with Gasteiger partial charge < -0.3 is 10.1 Å². The van der Waals surface area contributed by atoms with Crippen molar-refractivity contribution in [3.8, 4) is 5.75 Å². The highest BCUT2D eigenvalue weighted by Crippen LogP contribution is 2.24. The molecule has 0 radical (unpaired) electrons. The number of hydrogen-bond acceptors (Lipinski definition) is 6. The van der Waals surface area contributed by atoms with Gasteiger partial charge in [-0.05, 0) is 31.5 Å². The van der Waals surface area contributed by atoms with Crippen molar-refractivity contribution < 1.29 is 17.9 Å². The van der Waals surface area contributed by atoms with E-state index < -0.39 is 10.0 Å². The molecule has 2 N–H and O–H groups in total. The Balaban J connectivity index is 2.11. The van der Waals surface area contributed by atoms with Crippen molar-refractivity contribution in [2.45, 2.75) is 19.9 Å². The van der Waals surface area contributed by atoms with Crippen molar-refractivity contribution in [1.29, 1.82) is 0 Å². The molecule has 1 aromatic carbocycles. The van der Waals surface area contributed by atoms with Crippen molar-refractivity contribution in [3.05, 3.63) is 40.4 Å². The fourth-order valence-corrected chi connectivity index (χ4v) is 3.75. The van der Waals surface area contributed by atoms with Gasteiger partial charge in [0.2, 0.25) is 10.0 Å². The number of anilines is 1. The molecule has 1 aromatic heterocycles. The number of sulfonamides is 1. The van der Waals surface area contributed by atoms with Gasteiger partial charge in [-0.25, -0.2) is 13.4 Å². The average molecular weight is 369 g/mol. The number of carbonyl (C=O) groups is 1. The van der Waals surface area contributed by atoms with Crippen molar-refractivity contribution in [3.63, 3.8) is 0 Å². The molecule has 0 bridgehead atoms. The number of carbonyl (C=O) groups excluding carboxylic acids is 1. The molecule has 1 atom stereocenters. The van der Waals surface area contributed by atoms with Gasteiger partial charge in [-0.3, -0.25) is 9.52 Å². The van der Waals surface area contributed by atoms with Gasteiger partial charge in [0.1, 0.15) is 10.6 Å². The van der Waals surface area contributed by atoms with Crippen molar-refractivity contribution >= 4 is 32.4 Å². The molecule has 24 heavy (non-hydrogen) atoms. The van der Waals surface area contributed by atoms with Crippen molar-refractivity contribution in [2.75, 3.05) is 18.1 Å². The third kappa shape index (κ3) is 4.68. The first-order valence-electron chi connectivity index (χ1n) is 7.09. The molecule has 0 saturated heterocycles. The maximum Gasteiger partial charge on any atom is 0.263 e. The first-order valence-corrected chi connectivity index (χ1v) is 9.80. The van der Waals surface area contributed by atoms with Crippen LogP contribution in [0.4, 0.5) is 5.13 Å². The van der Waals surface area contributed by atoms with Crippen LogP contribution in [0.1, 0.15) is 33.9 Å². The number of aryl methyl sites for hydroxylation is 1. The molecule has 2 rings (SSSR count). The standard InChI is InChI=1S/C15H19N3O4S2/c1-9(11-5-7-12(22-3)8-6-11)16-14(19)13-10(2)17-15(23-13)18-24(4,20)21/h5-9H,1-4H3,(H,16,19)(H,17,18)/t9-/m1/s1. The number of benzene rings is 1. The van der Waals surface area contributed by atoms with Crippen LogP contribution in [0.2, 0.25) is 0 Å². The first-order chi connectivity index (χ1) is 11.2. The SMILES string of the molecule is COc1ccc([C@@H](C)NC(=O)c2sc(NS(C)(=O)=O)nc2C)cc1. The van der Waals surface area contributed by atoms with Crippen molar-refractivity contribution in [2.24, 2.45) is 0 Å². The number of amides is 1. The summed E-state index contributed by atoms with van der Waals surface area (Å²) in [4.78, 5) is 16.9. The second kappa shape index (κ2) is 7.18. The van der Waals surface area contributed by atoms with Gasteiger partial charge in [0.05, 0.1) is 25.1 Å². The van der Waals surface area contributed by atoms with E-state index in [0.717, 1.165) is 28.9 Å². The molecule has 0 saturated carbocycles. The normalized spacial score (nSPS) is 12.5. The molecular formula is C15H19N3O4S2. The molecule has 0 spiro atoms. The Hall–Kier alpha value is -2.13. The zero-order valence-corrected chi connectivity index (χ0v) is 15.4. The topological polar surface area (TPSA) is 97.4 Å². The van der Waals surface area contributed by atoms with Crippen LogP contribution in [0.3, 0.4) is 0 Å². The first kappa shape index (κ1) is 18.2. The third-order valence-electron chi connectivity index (χ3n) is 3.24. The summed E-state index contributed by atoms with van der Waals surface area (Å²) < 4.78 is 29.9. The Morgan fingerprint density at radius 1 is 1.29 bits per heavy atom. The minimum atomic E-state index is -3.42. The smallest absolute Gasteiger partial charge is 0.263 e. The van der Waals surface area contributed by atoms with E-state index in [0.29, 0.717) is 10.6 Å². The Morgan fingerprint density at radius 3 is 2.46 bits per heavy atom. The number of hydrogen-bond donors (Lipinski definition) is 2. The number of rotatable bonds is 6. The molecule has 1 heterocycles. The lowest BCUT2D eigenvalue weighted by molar-refractivity contribution is 0.0943. The van der Waals surface area contributed by atoms with Gasteiger partial charge in [-0.2, -0.15) is 0 Å². The summed E-state index contributed by atoms with van der Waals surface area (Å²) in [5, 5.41) is 3.06. The van der Waals surface area contributed by atoms with Crippen LogP contribution in [0.15, 0.2) is 24.3 Å². The number of aromatic nitrogens is 1. The number of thiazole rings is 1. The summed E-state index contributed by atoms with van der Waals surface area (Å²) >= 11 is 1.00. The minimum absolute atomic E-state index is 0.178. The second-order valence-electron chi connectivity index (χ2n) is 5.28. The summed E-state index contributed by atoms with van der Waals surface area (Å²) in [6, 6.07) is 7.19. The lowest BCUT2D eigenvalue weighted by atomic mass is 10.1. The monoisotopic (exact) mass is 369 g/mol. The van der Waals surface area contributed by atoms with E-state index in [9.17, 15) is 13.2 Å². The second-order valence-corrected chi connectivity index (χ2v) is 8.02. The summed E-state index contributed by atoms with van der Waals surface area (Å²) in [5.41, 5.74) is 1.41. The summed E-state index contributed by atoms with van der Waals surface area (Å²) in [7, 11) is -1.83. The van der Waals surface area contributed by atoms with Crippen LogP contribution >= 0.6 is 11.3 Å². The molecule has 7 nitrogen and oxygen atoms in total. The lowest BCUT2D eigenvalue weighted by Crippen LogP contribution is -2.26. The van der Waals surface area contributed by atoms with E-state index in [1.165, 1.54) is 0 Å². The van der Waals surface area contributed by atoms with Gasteiger partial charge in [0.15, 0.2) is 5.13 Å². The molecular weight excluding hydrogens is 350 g/mol. The average Bonchev–Trinajstić information content (AvgIpc) is 2.85. The van der Waals surface area contributed by atoms with E-state index in [1.54, 1.807) is 14.0 Å². The number of nitrogens with one attached hydrogen (secondary N) is 2. The van der Waals surface area contributed by atoms with Crippen LogP contribution in [0.5, 0.6) is 5.75 Å². The molecule has 0 fully saturated rings. The maximum atomic E-state index is 12.4. The molecule has 0 aliphatic carbocycles. The van der Waals surface area contributed by atoms with E-state index in [-0.39, 0.29) is 17.1 Å². The van der Waals surface area contributed by atoms with E-state index in [2.05, 4.69) is 15.0 Å². The maximum absolute atomic E-state index is 12.4. The molecule has 130 valence electrons. The molecule has 0 aliphatic heterocycles. The molecule has 9 heteroatoms. The lowest BCUT2D eigenvalue weighted by Gasteiger charge is -2.14. The molecule has 0 unspecified atom stereocenters. The van der Waals surface area contributed by atoms with Crippen LogP contribution in [-0.4, -0.2) is 32.7 Å². The van der Waals surface area contributed by atoms with E-state index >= 15 is 0 Å². The Bertz CT molecular complexity index is 829. The van der Waals surface area contributed by atoms with Gasteiger partial charge >= 0.3 is 0 Å². The Kier molecular flexibility index (Phi) is 5.45. The minimum Gasteiger partial charge on any atom is -0.497 e. The van der Waals surface area contributed by atoms with Crippen LogP contribution in [0.25, 0.3) is 0 Å². The van der Waals surface area contributed by atoms with Crippen LogP contribution in [0, 0.1) is 6.92 Å². The Morgan fingerprint density at radius 2 is 1.92 bits per heavy atom. The largest absolute Gasteiger partial charge is 0.497 e. The van der Waals surface area contributed by atoms with Gasteiger partial charge in [-0.15, -0.1) is 0 Å². The molecule has 0 aliphatic rings. The highest BCUT2D eigenvalue weighted by Gasteiger charge is 2.19. The third-order valence-corrected chi connectivity index (χ3v) is 5.00. The van der Waals surface area contributed by atoms with Crippen molar-refractivity contribution in [1.82, 2.24) is 10.3 Å². The zero-order valence-electron chi connectivity index (χ0n) is 13.8. The number of nitrogens with zero attached hydrogens (tertiary/aromatic N) is 1.